The maximum absolute atomic E-state index is 11.4. The van der Waals surface area contributed by atoms with Crippen molar-refractivity contribution in [2.24, 2.45) is 5.92 Å². The smallest absolute Gasteiger partial charge is 0.308 e. The van der Waals surface area contributed by atoms with Crippen LogP contribution in [0.15, 0.2) is 12.7 Å². The fraction of sp³-hybridized carbons (Fsp3) is 0.600. The van der Waals surface area contributed by atoms with Crippen LogP contribution in [0.4, 0.5) is 0 Å². The lowest BCUT2D eigenvalue weighted by Crippen LogP contribution is -2.42. The third-order valence-electron chi connectivity index (χ3n) is 2.45. The van der Waals surface area contributed by atoms with Crippen LogP contribution in [0, 0.1) is 5.92 Å². The van der Waals surface area contributed by atoms with Gasteiger partial charge in [-0.1, -0.05) is 6.08 Å². The lowest BCUT2D eigenvalue weighted by atomic mass is 9.97. The summed E-state index contributed by atoms with van der Waals surface area (Å²) >= 11 is 0. The van der Waals surface area contributed by atoms with Crippen LogP contribution in [0.2, 0.25) is 0 Å². The molecule has 1 aliphatic heterocycles. The Morgan fingerprint density at radius 2 is 2.43 bits per heavy atom. The summed E-state index contributed by atoms with van der Waals surface area (Å²) in [5, 5.41) is 8.81. The minimum absolute atomic E-state index is 0.0596. The molecule has 1 rings (SSSR count). The second-order valence-corrected chi connectivity index (χ2v) is 3.49. The van der Waals surface area contributed by atoms with Crippen molar-refractivity contribution in [2.75, 3.05) is 13.1 Å². The molecular formula is C10H15NO3. The lowest BCUT2D eigenvalue weighted by molar-refractivity contribution is -0.147. The van der Waals surface area contributed by atoms with Gasteiger partial charge in [-0.25, -0.2) is 0 Å². The Labute approximate surface area is 83.2 Å². The van der Waals surface area contributed by atoms with Gasteiger partial charge in [0.2, 0.25) is 5.91 Å². The minimum Gasteiger partial charge on any atom is -0.481 e. The number of hydrogen-bond donors (Lipinski definition) is 1. The van der Waals surface area contributed by atoms with Crippen LogP contribution < -0.4 is 0 Å². The SMILES string of the molecule is C=CCCN1CC(C(=O)O)CCC1=O. The van der Waals surface area contributed by atoms with Crippen LogP contribution in [0.5, 0.6) is 0 Å². The zero-order valence-corrected chi connectivity index (χ0v) is 8.11. The number of carboxylic acid groups (broad SMARTS) is 1. The molecule has 14 heavy (non-hydrogen) atoms. The summed E-state index contributed by atoms with van der Waals surface area (Å²) in [6.45, 7) is 4.51. The van der Waals surface area contributed by atoms with Crippen LogP contribution in [-0.4, -0.2) is 35.0 Å². The van der Waals surface area contributed by atoms with Crippen LogP contribution >= 0.6 is 0 Å². The summed E-state index contributed by atoms with van der Waals surface area (Å²) in [6, 6.07) is 0. The second-order valence-electron chi connectivity index (χ2n) is 3.49. The first-order chi connectivity index (χ1) is 6.65. The Morgan fingerprint density at radius 3 is 3.00 bits per heavy atom. The van der Waals surface area contributed by atoms with Crippen molar-refractivity contribution in [3.8, 4) is 0 Å². The van der Waals surface area contributed by atoms with E-state index in [0.29, 0.717) is 25.9 Å². The van der Waals surface area contributed by atoms with E-state index in [1.165, 1.54) is 0 Å². The van der Waals surface area contributed by atoms with E-state index in [0.717, 1.165) is 6.42 Å². The molecular weight excluding hydrogens is 182 g/mol. The zero-order chi connectivity index (χ0) is 10.6. The number of nitrogens with zero attached hydrogens (tertiary/aromatic N) is 1. The van der Waals surface area contributed by atoms with Gasteiger partial charge in [0.15, 0.2) is 0 Å². The summed E-state index contributed by atoms with van der Waals surface area (Å²) in [4.78, 5) is 23.7. The summed E-state index contributed by atoms with van der Waals surface area (Å²) in [6.07, 6.45) is 3.28. The van der Waals surface area contributed by atoms with Gasteiger partial charge >= 0.3 is 5.97 Å². The van der Waals surface area contributed by atoms with Gasteiger partial charge < -0.3 is 10.0 Å². The number of rotatable bonds is 4. The Balaban J connectivity index is 2.50. The molecule has 1 saturated heterocycles. The van der Waals surface area contributed by atoms with Gasteiger partial charge in [0.05, 0.1) is 5.92 Å². The van der Waals surface area contributed by atoms with Crippen molar-refractivity contribution in [1.82, 2.24) is 4.90 Å². The number of carboxylic acids is 1. The van der Waals surface area contributed by atoms with E-state index < -0.39 is 11.9 Å². The summed E-state index contributed by atoms with van der Waals surface area (Å²) in [5.74, 6) is -1.14. The van der Waals surface area contributed by atoms with Crippen molar-refractivity contribution in [1.29, 1.82) is 0 Å². The van der Waals surface area contributed by atoms with Crippen molar-refractivity contribution in [3.63, 3.8) is 0 Å². The molecule has 0 radical (unpaired) electrons. The van der Waals surface area contributed by atoms with Gasteiger partial charge in [-0.2, -0.15) is 0 Å². The number of piperidine rings is 1. The van der Waals surface area contributed by atoms with Gasteiger partial charge in [0.1, 0.15) is 0 Å². The third-order valence-corrected chi connectivity index (χ3v) is 2.45. The molecule has 1 atom stereocenters. The minimum atomic E-state index is -0.805. The zero-order valence-electron chi connectivity index (χ0n) is 8.11. The molecule has 78 valence electrons. The molecule has 1 N–H and O–H groups in total. The van der Waals surface area contributed by atoms with Crippen molar-refractivity contribution in [3.05, 3.63) is 12.7 Å². The number of carbonyl (C=O) groups is 2. The number of amides is 1. The first-order valence-electron chi connectivity index (χ1n) is 4.76. The molecule has 1 amide bonds. The van der Waals surface area contributed by atoms with Crippen molar-refractivity contribution in [2.45, 2.75) is 19.3 Å². The molecule has 0 spiro atoms. The predicted octanol–water partition coefficient (Wildman–Crippen LogP) is 0.886. The summed E-state index contributed by atoms with van der Waals surface area (Å²) in [5.41, 5.74) is 0. The maximum Gasteiger partial charge on any atom is 0.308 e. The first kappa shape index (κ1) is 10.8. The first-order valence-corrected chi connectivity index (χ1v) is 4.76. The highest BCUT2D eigenvalue weighted by molar-refractivity contribution is 5.80. The van der Waals surface area contributed by atoms with E-state index in [-0.39, 0.29) is 5.91 Å². The largest absolute Gasteiger partial charge is 0.481 e. The Hall–Kier alpha value is -1.32. The molecule has 0 aromatic carbocycles. The molecule has 1 fully saturated rings. The molecule has 0 bridgehead atoms. The molecule has 0 aromatic heterocycles. The Morgan fingerprint density at radius 1 is 1.71 bits per heavy atom. The second kappa shape index (κ2) is 4.79. The topological polar surface area (TPSA) is 57.6 Å². The number of aliphatic carboxylic acids is 1. The van der Waals surface area contributed by atoms with Gasteiger partial charge in [0, 0.05) is 19.5 Å². The van der Waals surface area contributed by atoms with E-state index in [4.69, 9.17) is 5.11 Å². The number of hydrogen-bond acceptors (Lipinski definition) is 2. The molecule has 1 heterocycles. The highest BCUT2D eigenvalue weighted by Gasteiger charge is 2.29. The quantitative estimate of drug-likeness (QED) is 0.681. The van der Waals surface area contributed by atoms with Gasteiger partial charge in [-0.15, -0.1) is 6.58 Å². The van der Waals surface area contributed by atoms with Gasteiger partial charge in [0.25, 0.3) is 0 Å². The summed E-state index contributed by atoms with van der Waals surface area (Å²) in [7, 11) is 0. The van der Waals surface area contributed by atoms with Crippen molar-refractivity contribution < 1.29 is 14.7 Å². The highest BCUT2D eigenvalue weighted by atomic mass is 16.4. The van der Waals surface area contributed by atoms with Crippen LogP contribution in [0.3, 0.4) is 0 Å². The van der Waals surface area contributed by atoms with Crippen molar-refractivity contribution >= 4 is 11.9 Å². The Kier molecular flexibility index (Phi) is 3.68. The highest BCUT2D eigenvalue weighted by Crippen LogP contribution is 2.17. The van der Waals surface area contributed by atoms with Crippen LogP contribution in [0.1, 0.15) is 19.3 Å². The normalized spacial score (nSPS) is 22.1. The van der Waals surface area contributed by atoms with E-state index in [9.17, 15) is 9.59 Å². The predicted molar refractivity (Wildman–Crippen MR) is 51.8 cm³/mol. The lowest BCUT2D eigenvalue weighted by Gasteiger charge is -2.30. The molecule has 1 unspecified atom stereocenters. The van der Waals surface area contributed by atoms with E-state index >= 15 is 0 Å². The van der Waals surface area contributed by atoms with E-state index in [2.05, 4.69) is 6.58 Å². The monoisotopic (exact) mass is 197 g/mol. The van der Waals surface area contributed by atoms with E-state index in [1.807, 2.05) is 0 Å². The fourth-order valence-corrected chi connectivity index (χ4v) is 1.58. The molecule has 1 aliphatic rings. The fourth-order valence-electron chi connectivity index (χ4n) is 1.58. The molecule has 4 nitrogen and oxygen atoms in total. The standard InChI is InChI=1S/C10H15NO3/c1-2-3-6-11-7-8(10(13)14)4-5-9(11)12/h2,8H,1,3-7H2,(H,13,14). The van der Waals surface area contributed by atoms with Gasteiger partial charge in [-0.3, -0.25) is 9.59 Å². The van der Waals surface area contributed by atoms with Crippen LogP contribution in [-0.2, 0) is 9.59 Å². The van der Waals surface area contributed by atoms with E-state index in [1.54, 1.807) is 11.0 Å². The molecule has 0 saturated carbocycles. The van der Waals surface area contributed by atoms with Gasteiger partial charge in [-0.05, 0) is 12.8 Å². The molecule has 0 aliphatic carbocycles. The molecule has 4 heteroatoms. The van der Waals surface area contributed by atoms with Crippen LogP contribution in [0.25, 0.3) is 0 Å². The number of likely N-dealkylation sites (tertiary alicyclic amines) is 1. The Bertz CT molecular complexity index is 250. The summed E-state index contributed by atoms with van der Waals surface area (Å²) < 4.78 is 0. The molecule has 0 aromatic rings. The number of carbonyl (C=O) groups excluding carboxylic acids is 1. The third kappa shape index (κ3) is 2.58. The maximum atomic E-state index is 11.4. The average molecular weight is 197 g/mol. The average Bonchev–Trinajstić information content (AvgIpc) is 2.16.